The van der Waals surface area contributed by atoms with Crippen LogP contribution >= 0.6 is 0 Å². The van der Waals surface area contributed by atoms with Crippen LogP contribution in [-0.2, 0) is 14.3 Å². The molecule has 1 aliphatic heterocycles. The molecule has 96 valence electrons. The van der Waals surface area contributed by atoms with Gasteiger partial charge in [-0.25, -0.2) is 0 Å². The molecular weight excluding hydrogens is 232 g/mol. The Morgan fingerprint density at radius 2 is 2.00 bits per heavy atom. The fourth-order valence-electron chi connectivity index (χ4n) is 1.86. The van der Waals surface area contributed by atoms with Gasteiger partial charge in [-0.3, -0.25) is 4.79 Å². The molecule has 1 aromatic carbocycles. The predicted molar refractivity (Wildman–Crippen MR) is 65.9 cm³/mol. The largest absolute Gasteiger partial charge is 0.496 e. The minimum absolute atomic E-state index is 0.274. The van der Waals surface area contributed by atoms with Gasteiger partial charge in [-0.1, -0.05) is 30.3 Å². The smallest absolute Gasteiger partial charge is 0.190 e. The van der Waals surface area contributed by atoms with Gasteiger partial charge < -0.3 is 14.6 Å². The summed E-state index contributed by atoms with van der Waals surface area (Å²) in [5, 5.41) is 10.2. The number of aliphatic hydroxyl groups excluding tert-OH is 1. The van der Waals surface area contributed by atoms with E-state index < -0.39 is 12.2 Å². The van der Waals surface area contributed by atoms with E-state index in [4.69, 9.17) is 9.47 Å². The van der Waals surface area contributed by atoms with Crippen molar-refractivity contribution in [3.05, 3.63) is 47.7 Å². The molecule has 0 fully saturated rings. The molecule has 1 aliphatic rings. The Bertz CT molecular complexity index is 438. The zero-order valence-electron chi connectivity index (χ0n) is 10.2. The van der Waals surface area contributed by atoms with Gasteiger partial charge in [-0.05, 0) is 12.5 Å². The number of aliphatic hydroxyl groups is 1. The standard InChI is InChI=1S/C14H16O4/c1-10-9-12(15)14(18-8-7-17-10)13(16)11-5-3-2-4-6-11/h2-6,9,13-14,16H,7-8H2,1H3/b10-9-/t13-,14-/m0/s1. The Hall–Kier alpha value is -1.65. The van der Waals surface area contributed by atoms with Crippen molar-refractivity contribution in [1.82, 2.24) is 0 Å². The van der Waals surface area contributed by atoms with Gasteiger partial charge in [-0.2, -0.15) is 0 Å². The summed E-state index contributed by atoms with van der Waals surface area (Å²) in [6.07, 6.45) is -0.456. The Morgan fingerprint density at radius 1 is 1.28 bits per heavy atom. The van der Waals surface area contributed by atoms with Crippen LogP contribution in [0.15, 0.2) is 42.2 Å². The number of ether oxygens (including phenoxy) is 2. The third-order valence-electron chi connectivity index (χ3n) is 2.76. The lowest BCUT2D eigenvalue weighted by Crippen LogP contribution is -2.32. The lowest BCUT2D eigenvalue weighted by Gasteiger charge is -2.23. The Morgan fingerprint density at radius 3 is 2.72 bits per heavy atom. The second-order valence-corrected chi connectivity index (χ2v) is 4.15. The van der Waals surface area contributed by atoms with Crippen LogP contribution in [0.25, 0.3) is 0 Å². The number of benzene rings is 1. The molecule has 1 N–H and O–H groups in total. The molecule has 0 unspecified atom stereocenters. The van der Waals surface area contributed by atoms with Crippen LogP contribution in [-0.4, -0.2) is 30.2 Å². The Balaban J connectivity index is 2.20. The number of ketones is 1. The normalized spacial score (nSPS) is 25.3. The first-order chi connectivity index (χ1) is 8.68. The van der Waals surface area contributed by atoms with Crippen LogP contribution in [0.2, 0.25) is 0 Å². The number of hydrogen-bond donors (Lipinski definition) is 1. The highest BCUT2D eigenvalue weighted by Gasteiger charge is 2.28. The van der Waals surface area contributed by atoms with E-state index in [0.29, 0.717) is 17.9 Å². The molecule has 0 saturated heterocycles. The lowest BCUT2D eigenvalue weighted by atomic mass is 10.0. The van der Waals surface area contributed by atoms with Gasteiger partial charge in [0.2, 0.25) is 0 Å². The molecule has 1 aromatic rings. The quantitative estimate of drug-likeness (QED) is 0.864. The van der Waals surface area contributed by atoms with Crippen molar-refractivity contribution in [1.29, 1.82) is 0 Å². The van der Waals surface area contributed by atoms with E-state index >= 15 is 0 Å². The monoisotopic (exact) mass is 248 g/mol. The van der Waals surface area contributed by atoms with Crippen molar-refractivity contribution in [3.8, 4) is 0 Å². The summed E-state index contributed by atoms with van der Waals surface area (Å²) in [7, 11) is 0. The summed E-state index contributed by atoms with van der Waals surface area (Å²) in [4.78, 5) is 12.0. The summed E-state index contributed by atoms with van der Waals surface area (Å²) in [6.45, 7) is 2.38. The van der Waals surface area contributed by atoms with Gasteiger partial charge in [0.1, 0.15) is 18.8 Å². The van der Waals surface area contributed by atoms with Crippen LogP contribution in [0.3, 0.4) is 0 Å². The fraction of sp³-hybridized carbons (Fsp3) is 0.357. The van der Waals surface area contributed by atoms with E-state index in [1.807, 2.05) is 18.2 Å². The second-order valence-electron chi connectivity index (χ2n) is 4.15. The van der Waals surface area contributed by atoms with Crippen molar-refractivity contribution < 1.29 is 19.4 Å². The lowest BCUT2D eigenvalue weighted by molar-refractivity contribution is -0.136. The third kappa shape index (κ3) is 2.97. The van der Waals surface area contributed by atoms with Gasteiger partial charge in [0.05, 0.1) is 12.4 Å². The average molecular weight is 248 g/mol. The van der Waals surface area contributed by atoms with Crippen molar-refractivity contribution >= 4 is 5.78 Å². The minimum Gasteiger partial charge on any atom is -0.496 e. The topological polar surface area (TPSA) is 55.8 Å². The second kappa shape index (κ2) is 5.80. The maximum absolute atomic E-state index is 12.0. The summed E-state index contributed by atoms with van der Waals surface area (Å²) in [5.41, 5.74) is 0.670. The van der Waals surface area contributed by atoms with Crippen molar-refractivity contribution in [2.75, 3.05) is 13.2 Å². The maximum Gasteiger partial charge on any atom is 0.190 e. The van der Waals surface area contributed by atoms with Crippen LogP contribution in [0.4, 0.5) is 0 Å². The molecule has 1 heterocycles. The summed E-state index contributed by atoms with van der Waals surface area (Å²) in [6, 6.07) is 9.03. The molecule has 0 amide bonds. The number of rotatable bonds is 2. The van der Waals surface area contributed by atoms with E-state index in [9.17, 15) is 9.90 Å². The average Bonchev–Trinajstić information content (AvgIpc) is 2.37. The molecular formula is C14H16O4. The van der Waals surface area contributed by atoms with Gasteiger partial charge in [0, 0.05) is 6.08 Å². The highest BCUT2D eigenvalue weighted by atomic mass is 16.5. The zero-order valence-corrected chi connectivity index (χ0v) is 10.2. The number of carbonyl (C=O) groups is 1. The molecule has 0 saturated carbocycles. The summed E-state index contributed by atoms with van der Waals surface area (Å²) >= 11 is 0. The Kier molecular flexibility index (Phi) is 4.12. The molecule has 18 heavy (non-hydrogen) atoms. The van der Waals surface area contributed by atoms with Crippen LogP contribution in [0.5, 0.6) is 0 Å². The first kappa shape index (κ1) is 12.8. The zero-order chi connectivity index (χ0) is 13.0. The molecule has 4 heteroatoms. The van der Waals surface area contributed by atoms with Crippen molar-refractivity contribution in [3.63, 3.8) is 0 Å². The van der Waals surface area contributed by atoms with Gasteiger partial charge in [-0.15, -0.1) is 0 Å². The van der Waals surface area contributed by atoms with E-state index in [1.165, 1.54) is 6.08 Å². The van der Waals surface area contributed by atoms with E-state index in [-0.39, 0.29) is 12.4 Å². The van der Waals surface area contributed by atoms with Crippen LogP contribution in [0.1, 0.15) is 18.6 Å². The molecule has 0 aliphatic carbocycles. The molecule has 0 bridgehead atoms. The van der Waals surface area contributed by atoms with Crippen LogP contribution in [0, 0.1) is 0 Å². The van der Waals surface area contributed by atoms with Crippen molar-refractivity contribution in [2.45, 2.75) is 19.1 Å². The highest BCUT2D eigenvalue weighted by Crippen LogP contribution is 2.21. The maximum atomic E-state index is 12.0. The Labute approximate surface area is 106 Å². The summed E-state index contributed by atoms with van der Waals surface area (Å²) < 4.78 is 10.6. The molecule has 2 atom stereocenters. The molecule has 2 rings (SSSR count). The molecule has 0 aromatic heterocycles. The molecule has 4 nitrogen and oxygen atoms in total. The van der Waals surface area contributed by atoms with Gasteiger partial charge in [0.25, 0.3) is 0 Å². The first-order valence-electron chi connectivity index (χ1n) is 5.88. The fourth-order valence-corrected chi connectivity index (χ4v) is 1.86. The molecule has 0 spiro atoms. The number of allylic oxidation sites excluding steroid dienone is 1. The number of hydrogen-bond acceptors (Lipinski definition) is 4. The van der Waals surface area contributed by atoms with E-state index in [0.717, 1.165) is 0 Å². The van der Waals surface area contributed by atoms with Crippen LogP contribution < -0.4 is 0 Å². The third-order valence-corrected chi connectivity index (χ3v) is 2.76. The minimum atomic E-state index is -0.958. The van der Waals surface area contributed by atoms with E-state index in [1.54, 1.807) is 19.1 Å². The number of carbonyl (C=O) groups excluding carboxylic acids is 1. The first-order valence-corrected chi connectivity index (χ1v) is 5.88. The summed E-state index contributed by atoms with van der Waals surface area (Å²) in [5.74, 6) is 0.275. The highest BCUT2D eigenvalue weighted by molar-refractivity contribution is 5.94. The predicted octanol–water partition coefficient (Wildman–Crippen LogP) is 1.61. The van der Waals surface area contributed by atoms with E-state index in [2.05, 4.69) is 0 Å². The van der Waals surface area contributed by atoms with Gasteiger partial charge in [0.15, 0.2) is 5.78 Å². The van der Waals surface area contributed by atoms with Crippen molar-refractivity contribution in [2.24, 2.45) is 0 Å². The molecule has 0 radical (unpaired) electrons. The SMILES string of the molecule is C/C1=C/C(=O)[C@@H]([C@@H](O)c2ccccc2)OCCO1. The van der Waals surface area contributed by atoms with Gasteiger partial charge >= 0.3 is 0 Å².